The van der Waals surface area contributed by atoms with Crippen LogP contribution in [0.1, 0.15) is 0 Å². The first-order valence-corrected chi connectivity index (χ1v) is 3.29. The van der Waals surface area contributed by atoms with Gasteiger partial charge >= 0.3 is 0 Å². The van der Waals surface area contributed by atoms with Crippen LogP contribution in [-0.2, 0) is 6.54 Å². The molecule has 10 heavy (non-hydrogen) atoms. The summed E-state index contributed by atoms with van der Waals surface area (Å²) >= 11 is 5.31. The Labute approximate surface area is 64.1 Å². The molecule has 0 bridgehead atoms. The molecule has 2 N–H and O–H groups in total. The summed E-state index contributed by atoms with van der Waals surface area (Å²) in [5, 5.41) is 3.94. The van der Waals surface area contributed by atoms with Crippen LogP contribution in [0.4, 0.5) is 5.69 Å². The van der Waals surface area contributed by atoms with Gasteiger partial charge in [-0.15, -0.1) is 0 Å². The molecule has 3 nitrogen and oxygen atoms in total. The maximum absolute atomic E-state index is 5.41. The maximum Gasteiger partial charge on any atom is 0.0719 e. The second-order valence-electron chi connectivity index (χ2n) is 1.86. The number of hydrogen-bond acceptors (Lipinski definition) is 2. The molecular formula is C6H8ClN3. The van der Waals surface area contributed by atoms with Crippen LogP contribution in [0.3, 0.4) is 0 Å². The Balaban J connectivity index is 2.58. The molecule has 1 rings (SSSR count). The van der Waals surface area contributed by atoms with Gasteiger partial charge in [-0.2, -0.15) is 5.10 Å². The van der Waals surface area contributed by atoms with E-state index in [0.29, 0.717) is 12.2 Å². The third-order valence-corrected chi connectivity index (χ3v) is 1.21. The van der Waals surface area contributed by atoms with Crippen molar-refractivity contribution < 1.29 is 0 Å². The predicted molar refractivity (Wildman–Crippen MR) is 41.6 cm³/mol. The molecule has 0 atom stereocenters. The van der Waals surface area contributed by atoms with E-state index >= 15 is 0 Å². The topological polar surface area (TPSA) is 43.8 Å². The Morgan fingerprint density at radius 2 is 2.60 bits per heavy atom. The first kappa shape index (κ1) is 7.15. The Morgan fingerprint density at radius 3 is 3.10 bits per heavy atom. The zero-order valence-corrected chi connectivity index (χ0v) is 6.12. The number of nitrogens with two attached hydrogens (primary N) is 1. The molecule has 0 aromatic carbocycles. The second kappa shape index (κ2) is 3.27. The summed E-state index contributed by atoms with van der Waals surface area (Å²) in [7, 11) is 0. The highest BCUT2D eigenvalue weighted by Crippen LogP contribution is 1.97. The number of halogens is 1. The average molecular weight is 158 g/mol. The zero-order valence-electron chi connectivity index (χ0n) is 5.37. The molecule has 0 radical (unpaired) electrons. The van der Waals surface area contributed by atoms with E-state index in [9.17, 15) is 0 Å². The molecular weight excluding hydrogens is 150 g/mol. The van der Waals surface area contributed by atoms with E-state index in [0.717, 1.165) is 0 Å². The van der Waals surface area contributed by atoms with Gasteiger partial charge < -0.3 is 5.73 Å². The number of hydrogen-bond donors (Lipinski definition) is 1. The fraction of sp³-hybridized carbons (Fsp3) is 0.167. The van der Waals surface area contributed by atoms with Crippen molar-refractivity contribution >= 4 is 17.3 Å². The van der Waals surface area contributed by atoms with Crippen molar-refractivity contribution in [2.75, 3.05) is 5.73 Å². The minimum absolute atomic E-state index is 0.667. The van der Waals surface area contributed by atoms with Gasteiger partial charge in [0.05, 0.1) is 18.4 Å². The average Bonchev–Trinajstić information content (AvgIpc) is 2.31. The molecule has 0 aliphatic carbocycles. The van der Waals surface area contributed by atoms with Crippen LogP contribution in [-0.4, -0.2) is 9.78 Å². The van der Waals surface area contributed by atoms with Gasteiger partial charge in [0.25, 0.3) is 0 Å². The van der Waals surface area contributed by atoms with Crippen molar-refractivity contribution in [1.29, 1.82) is 0 Å². The molecule has 4 heteroatoms. The normalized spacial score (nSPS) is 10.9. The van der Waals surface area contributed by atoms with E-state index in [1.54, 1.807) is 23.2 Å². The number of rotatable bonds is 2. The van der Waals surface area contributed by atoms with E-state index in [1.165, 1.54) is 5.54 Å². The molecule has 0 aliphatic rings. The minimum Gasteiger partial charge on any atom is -0.396 e. The van der Waals surface area contributed by atoms with E-state index in [4.69, 9.17) is 17.3 Å². The van der Waals surface area contributed by atoms with Crippen molar-refractivity contribution in [2.24, 2.45) is 0 Å². The van der Waals surface area contributed by atoms with Crippen molar-refractivity contribution in [3.05, 3.63) is 24.0 Å². The fourth-order valence-corrected chi connectivity index (χ4v) is 0.707. The Hall–Kier alpha value is -0.960. The number of anilines is 1. The molecule has 0 spiro atoms. The molecule has 0 fully saturated rings. The van der Waals surface area contributed by atoms with Crippen molar-refractivity contribution in [2.45, 2.75) is 6.54 Å². The largest absolute Gasteiger partial charge is 0.396 e. The molecule has 0 saturated heterocycles. The summed E-state index contributed by atoms with van der Waals surface area (Å²) in [6.45, 7) is 0.667. The lowest BCUT2D eigenvalue weighted by Crippen LogP contribution is -1.93. The smallest absolute Gasteiger partial charge is 0.0719 e. The van der Waals surface area contributed by atoms with Crippen LogP contribution >= 0.6 is 11.6 Å². The van der Waals surface area contributed by atoms with E-state index in [1.807, 2.05) is 0 Å². The predicted octanol–water partition coefficient (Wildman–Crippen LogP) is 1.22. The summed E-state index contributed by atoms with van der Waals surface area (Å²) in [5.41, 5.74) is 7.54. The summed E-state index contributed by atoms with van der Waals surface area (Å²) < 4.78 is 1.70. The molecule has 1 heterocycles. The molecule has 0 unspecified atom stereocenters. The minimum atomic E-state index is 0.667. The van der Waals surface area contributed by atoms with Gasteiger partial charge in [0, 0.05) is 11.7 Å². The standard InChI is InChI=1S/C6H8ClN3/c7-2-1-3-10-5-6(8)4-9-10/h1-2,4-5H,3,8H2/b2-1+. The second-order valence-corrected chi connectivity index (χ2v) is 2.11. The van der Waals surface area contributed by atoms with Crippen LogP contribution in [0.5, 0.6) is 0 Å². The van der Waals surface area contributed by atoms with Crippen molar-refractivity contribution in [1.82, 2.24) is 9.78 Å². The first-order valence-electron chi connectivity index (χ1n) is 2.86. The molecule has 1 aromatic rings. The fourth-order valence-electron chi connectivity index (χ4n) is 0.627. The summed E-state index contributed by atoms with van der Waals surface area (Å²) in [6.07, 6.45) is 5.13. The molecule has 0 saturated carbocycles. The highest BCUT2D eigenvalue weighted by molar-refractivity contribution is 6.25. The number of allylic oxidation sites excluding steroid dienone is 1. The van der Waals surface area contributed by atoms with Gasteiger partial charge in [-0.3, -0.25) is 4.68 Å². The molecule has 1 aromatic heterocycles. The monoisotopic (exact) mass is 157 g/mol. The molecule has 54 valence electrons. The van der Waals surface area contributed by atoms with Crippen molar-refractivity contribution in [3.63, 3.8) is 0 Å². The van der Waals surface area contributed by atoms with Gasteiger partial charge in [-0.1, -0.05) is 17.7 Å². The van der Waals surface area contributed by atoms with Crippen LogP contribution in [0, 0.1) is 0 Å². The van der Waals surface area contributed by atoms with E-state index < -0.39 is 0 Å². The number of aromatic nitrogens is 2. The van der Waals surface area contributed by atoms with Crippen molar-refractivity contribution in [3.8, 4) is 0 Å². The third-order valence-electron chi connectivity index (χ3n) is 1.03. The van der Waals surface area contributed by atoms with Gasteiger partial charge in [0.15, 0.2) is 0 Å². The van der Waals surface area contributed by atoms with Gasteiger partial charge in [-0.05, 0) is 0 Å². The maximum atomic E-state index is 5.41. The lowest BCUT2D eigenvalue weighted by atomic mass is 10.6. The number of nitrogen functional groups attached to an aromatic ring is 1. The van der Waals surface area contributed by atoms with Gasteiger partial charge in [0.2, 0.25) is 0 Å². The Bertz CT molecular complexity index is 229. The first-order chi connectivity index (χ1) is 4.83. The quantitative estimate of drug-likeness (QED) is 0.702. The summed E-state index contributed by atoms with van der Waals surface area (Å²) in [4.78, 5) is 0. The summed E-state index contributed by atoms with van der Waals surface area (Å²) in [5.74, 6) is 0. The van der Waals surface area contributed by atoms with Crippen LogP contribution < -0.4 is 5.73 Å². The molecule has 0 aliphatic heterocycles. The van der Waals surface area contributed by atoms with Crippen LogP contribution in [0.15, 0.2) is 24.0 Å². The third kappa shape index (κ3) is 1.77. The van der Waals surface area contributed by atoms with E-state index in [2.05, 4.69) is 5.10 Å². The lowest BCUT2D eigenvalue weighted by Gasteiger charge is -1.90. The van der Waals surface area contributed by atoms with Crippen LogP contribution in [0.25, 0.3) is 0 Å². The molecule has 0 amide bonds. The van der Waals surface area contributed by atoms with E-state index in [-0.39, 0.29) is 0 Å². The zero-order chi connectivity index (χ0) is 7.40. The van der Waals surface area contributed by atoms with Gasteiger partial charge in [0.1, 0.15) is 0 Å². The number of nitrogens with zero attached hydrogens (tertiary/aromatic N) is 2. The highest BCUT2D eigenvalue weighted by Gasteiger charge is 1.88. The Kier molecular flexibility index (Phi) is 2.34. The highest BCUT2D eigenvalue weighted by atomic mass is 35.5. The Morgan fingerprint density at radius 1 is 1.80 bits per heavy atom. The van der Waals surface area contributed by atoms with Crippen LogP contribution in [0.2, 0.25) is 0 Å². The summed E-state index contributed by atoms with van der Waals surface area (Å²) in [6, 6.07) is 0. The lowest BCUT2D eigenvalue weighted by molar-refractivity contribution is 0.702. The van der Waals surface area contributed by atoms with Gasteiger partial charge in [-0.25, -0.2) is 0 Å². The SMILES string of the molecule is Nc1cnn(C/C=C/Cl)c1.